The van der Waals surface area contributed by atoms with Crippen LogP contribution in [0.2, 0.25) is 0 Å². The zero-order valence-corrected chi connectivity index (χ0v) is 16.6. The number of nitrogens with zero attached hydrogens (tertiary/aromatic N) is 3. The van der Waals surface area contributed by atoms with Gasteiger partial charge in [-0.15, -0.1) is 0 Å². The van der Waals surface area contributed by atoms with Crippen molar-refractivity contribution in [1.29, 1.82) is 0 Å². The Hall–Kier alpha value is -2.70. The third kappa shape index (κ3) is 5.22. The van der Waals surface area contributed by atoms with E-state index in [4.69, 9.17) is 0 Å². The number of halogens is 1. The van der Waals surface area contributed by atoms with E-state index >= 15 is 0 Å². The van der Waals surface area contributed by atoms with Crippen LogP contribution in [-0.4, -0.2) is 39.1 Å². The summed E-state index contributed by atoms with van der Waals surface area (Å²) in [7, 11) is 0. The van der Waals surface area contributed by atoms with Gasteiger partial charge in [0.15, 0.2) is 0 Å². The largest absolute Gasteiger partial charge is 0.353 e. The number of fused-ring (bicyclic) bond motifs is 1. The first kappa shape index (κ1) is 19.6. The lowest BCUT2D eigenvalue weighted by molar-refractivity contribution is -0.131. The summed E-state index contributed by atoms with van der Waals surface area (Å²) in [6, 6.07) is 8.99. The first-order valence-corrected chi connectivity index (χ1v) is 10.4. The number of rotatable bonds is 7. The normalized spacial score (nSPS) is 16.2. The maximum atomic E-state index is 13.8. The number of hydrogen-bond acceptors (Lipinski definition) is 3. The molecular weight excluding hydrogens is 371 g/mol. The van der Waals surface area contributed by atoms with E-state index in [-0.39, 0.29) is 17.6 Å². The highest BCUT2D eigenvalue weighted by Gasteiger charge is 2.24. The van der Waals surface area contributed by atoms with Crippen LogP contribution in [-0.2, 0) is 35.5 Å². The van der Waals surface area contributed by atoms with Gasteiger partial charge in [0.25, 0.3) is 0 Å². The summed E-state index contributed by atoms with van der Waals surface area (Å²) in [5.41, 5.74) is 2.47. The number of carbonyl (C=O) groups excluding carboxylic acids is 2. The Labute approximate surface area is 170 Å². The zero-order chi connectivity index (χ0) is 20.2. The highest BCUT2D eigenvalue weighted by atomic mass is 19.1. The average Bonchev–Trinajstić information content (AvgIpc) is 3.48. The van der Waals surface area contributed by atoms with Crippen molar-refractivity contribution in [2.75, 3.05) is 6.54 Å². The van der Waals surface area contributed by atoms with E-state index in [1.165, 1.54) is 6.07 Å². The van der Waals surface area contributed by atoms with Crippen LogP contribution in [0.1, 0.15) is 49.1 Å². The first-order valence-electron chi connectivity index (χ1n) is 10.4. The van der Waals surface area contributed by atoms with E-state index in [1.807, 2.05) is 15.6 Å². The van der Waals surface area contributed by atoms with E-state index in [9.17, 15) is 14.0 Å². The zero-order valence-electron chi connectivity index (χ0n) is 16.6. The number of carbonyl (C=O) groups is 2. The highest BCUT2D eigenvalue weighted by molar-refractivity contribution is 5.77. The number of nitrogens with one attached hydrogen (secondary N) is 1. The average molecular weight is 398 g/mol. The van der Waals surface area contributed by atoms with Crippen LogP contribution in [0.3, 0.4) is 0 Å². The second-order valence-electron chi connectivity index (χ2n) is 7.95. The molecule has 1 aromatic heterocycles. The molecule has 7 heteroatoms. The number of aryl methyl sites for hydroxylation is 3. The summed E-state index contributed by atoms with van der Waals surface area (Å²) in [6.07, 6.45) is 4.77. The fourth-order valence-corrected chi connectivity index (χ4v) is 3.73. The van der Waals surface area contributed by atoms with Gasteiger partial charge in [-0.05, 0) is 43.4 Å². The van der Waals surface area contributed by atoms with Gasteiger partial charge in [-0.2, -0.15) is 5.10 Å². The van der Waals surface area contributed by atoms with Crippen LogP contribution in [0.5, 0.6) is 0 Å². The maximum absolute atomic E-state index is 13.8. The van der Waals surface area contributed by atoms with Gasteiger partial charge in [0.1, 0.15) is 5.82 Å². The van der Waals surface area contributed by atoms with Gasteiger partial charge >= 0.3 is 0 Å². The molecule has 4 rings (SSSR count). The van der Waals surface area contributed by atoms with Crippen LogP contribution in [0.4, 0.5) is 4.39 Å². The molecule has 1 saturated carbocycles. The number of hydrogen-bond donors (Lipinski definition) is 1. The lowest BCUT2D eigenvalue weighted by atomic mass is 10.1. The summed E-state index contributed by atoms with van der Waals surface area (Å²) in [6.45, 7) is 1.96. The number of amides is 2. The Morgan fingerprint density at radius 3 is 2.76 bits per heavy atom. The smallest absolute Gasteiger partial charge is 0.223 e. The number of benzene rings is 1. The maximum Gasteiger partial charge on any atom is 0.223 e. The van der Waals surface area contributed by atoms with Gasteiger partial charge in [-0.25, -0.2) is 4.39 Å². The second-order valence-corrected chi connectivity index (χ2v) is 7.95. The second kappa shape index (κ2) is 8.76. The fraction of sp³-hybridized carbons (Fsp3) is 0.500. The molecule has 2 aliphatic rings. The lowest BCUT2D eigenvalue weighted by Crippen LogP contribution is -2.30. The molecule has 0 saturated heterocycles. The van der Waals surface area contributed by atoms with Gasteiger partial charge in [0.2, 0.25) is 11.8 Å². The molecule has 0 unspecified atom stereocenters. The Morgan fingerprint density at radius 1 is 1.14 bits per heavy atom. The van der Waals surface area contributed by atoms with Crippen LogP contribution >= 0.6 is 0 Å². The molecule has 154 valence electrons. The molecule has 0 radical (unpaired) electrons. The molecule has 1 N–H and O–H groups in total. The van der Waals surface area contributed by atoms with Crippen molar-refractivity contribution in [3.8, 4) is 0 Å². The van der Waals surface area contributed by atoms with Gasteiger partial charge in [0.05, 0.1) is 17.9 Å². The van der Waals surface area contributed by atoms with Crippen molar-refractivity contribution < 1.29 is 14.0 Å². The van der Waals surface area contributed by atoms with Gasteiger partial charge in [0, 0.05) is 38.4 Å². The third-order valence-electron chi connectivity index (χ3n) is 5.53. The SMILES string of the molecule is O=C(CCc1cc2n(n1)CCCN(C(=O)CCc1ccccc1F)C2)NC1CC1. The molecule has 1 aliphatic carbocycles. The first-order chi connectivity index (χ1) is 14.1. The van der Waals surface area contributed by atoms with Crippen molar-refractivity contribution in [2.45, 2.75) is 64.1 Å². The van der Waals surface area contributed by atoms with Crippen molar-refractivity contribution >= 4 is 11.8 Å². The third-order valence-corrected chi connectivity index (χ3v) is 5.53. The molecule has 2 amide bonds. The molecule has 2 aromatic rings. The standard InChI is InChI=1S/C22H27FN4O2/c23-20-5-2-1-4-16(20)6-11-22(29)26-12-3-13-27-19(15-26)14-18(25-27)9-10-21(28)24-17-7-8-17/h1-2,4-5,14,17H,3,6-13,15H2,(H,24,28). The summed E-state index contributed by atoms with van der Waals surface area (Å²) in [5.74, 6) is -0.140. The van der Waals surface area contributed by atoms with Gasteiger partial charge in [-0.3, -0.25) is 14.3 Å². The molecular formula is C22H27FN4O2. The van der Waals surface area contributed by atoms with Gasteiger partial charge < -0.3 is 10.2 Å². The monoisotopic (exact) mass is 398 g/mol. The predicted octanol–water partition coefficient (Wildman–Crippen LogP) is 2.60. The van der Waals surface area contributed by atoms with E-state index in [0.29, 0.717) is 50.4 Å². The van der Waals surface area contributed by atoms with E-state index in [2.05, 4.69) is 10.4 Å². The molecule has 0 spiro atoms. The lowest BCUT2D eigenvalue weighted by Gasteiger charge is -2.20. The van der Waals surface area contributed by atoms with E-state index < -0.39 is 0 Å². The molecule has 1 aromatic carbocycles. The minimum absolute atomic E-state index is 0.0354. The van der Waals surface area contributed by atoms with E-state index in [1.54, 1.807) is 18.2 Å². The Morgan fingerprint density at radius 2 is 1.97 bits per heavy atom. The van der Waals surface area contributed by atoms with E-state index in [0.717, 1.165) is 37.2 Å². The van der Waals surface area contributed by atoms with Crippen molar-refractivity contribution in [1.82, 2.24) is 20.0 Å². The predicted molar refractivity (Wildman–Crippen MR) is 106 cm³/mol. The highest BCUT2D eigenvalue weighted by Crippen LogP contribution is 2.19. The van der Waals surface area contributed by atoms with Crippen molar-refractivity contribution in [3.63, 3.8) is 0 Å². The molecule has 1 fully saturated rings. The van der Waals surface area contributed by atoms with Gasteiger partial charge in [-0.1, -0.05) is 18.2 Å². The van der Waals surface area contributed by atoms with Crippen molar-refractivity contribution in [2.24, 2.45) is 0 Å². The minimum atomic E-state index is -0.260. The van der Waals surface area contributed by atoms with Crippen LogP contribution in [0.15, 0.2) is 30.3 Å². The fourth-order valence-electron chi connectivity index (χ4n) is 3.73. The summed E-state index contributed by atoms with van der Waals surface area (Å²) in [4.78, 5) is 26.4. The quantitative estimate of drug-likeness (QED) is 0.780. The molecule has 29 heavy (non-hydrogen) atoms. The molecule has 0 bridgehead atoms. The molecule has 2 heterocycles. The van der Waals surface area contributed by atoms with Crippen LogP contribution < -0.4 is 5.32 Å². The number of aromatic nitrogens is 2. The summed E-state index contributed by atoms with van der Waals surface area (Å²) < 4.78 is 15.7. The molecule has 0 atom stereocenters. The summed E-state index contributed by atoms with van der Waals surface area (Å²) >= 11 is 0. The minimum Gasteiger partial charge on any atom is -0.353 e. The Kier molecular flexibility index (Phi) is 5.92. The van der Waals surface area contributed by atoms with Crippen molar-refractivity contribution in [3.05, 3.63) is 53.1 Å². The van der Waals surface area contributed by atoms with Crippen LogP contribution in [0, 0.1) is 5.82 Å². The Bertz CT molecular complexity index is 891. The molecule has 1 aliphatic heterocycles. The Balaban J connectivity index is 1.32. The topological polar surface area (TPSA) is 67.2 Å². The van der Waals surface area contributed by atoms with Crippen LogP contribution in [0.25, 0.3) is 0 Å². The molecule has 6 nitrogen and oxygen atoms in total. The summed E-state index contributed by atoms with van der Waals surface area (Å²) in [5, 5.41) is 7.62.